The number of nitrogens with zero attached hydrogens (tertiary/aromatic N) is 1. The molecule has 0 radical (unpaired) electrons. The van der Waals surface area contributed by atoms with Gasteiger partial charge in [0.15, 0.2) is 0 Å². The number of thiophene rings is 1. The summed E-state index contributed by atoms with van der Waals surface area (Å²) in [5.74, 6) is 0.738. The molecule has 0 saturated heterocycles. The third-order valence-corrected chi connectivity index (χ3v) is 3.55. The van der Waals surface area contributed by atoms with Crippen molar-refractivity contribution in [2.45, 2.75) is 19.9 Å². The van der Waals surface area contributed by atoms with Gasteiger partial charge in [-0.3, -0.25) is 4.90 Å². The van der Waals surface area contributed by atoms with E-state index in [2.05, 4.69) is 17.9 Å². The Morgan fingerprint density at radius 2 is 2.21 bits per heavy atom. The number of hydrogen-bond donors (Lipinski definition) is 0. The third kappa shape index (κ3) is 4.18. The Labute approximate surface area is 99.6 Å². The Balaban J connectivity index is 2.40. The molecule has 0 amide bonds. The van der Waals surface area contributed by atoms with Crippen LogP contribution in [0.1, 0.15) is 18.2 Å². The number of alkyl halides is 1. The molecule has 1 aromatic heterocycles. The fraction of sp³-hybridized carbons (Fsp3) is 0.600. The normalized spacial score (nSPS) is 11.1. The van der Waals surface area contributed by atoms with Crippen LogP contribution >= 0.6 is 34.5 Å². The molecule has 14 heavy (non-hydrogen) atoms. The second-order valence-corrected chi connectivity index (χ2v) is 5.29. The Kier molecular flexibility index (Phi) is 5.87. The van der Waals surface area contributed by atoms with E-state index < -0.39 is 0 Å². The van der Waals surface area contributed by atoms with Crippen molar-refractivity contribution in [3.05, 3.63) is 21.3 Å². The molecule has 0 N–H and O–H groups in total. The van der Waals surface area contributed by atoms with E-state index >= 15 is 0 Å². The highest BCUT2D eigenvalue weighted by Crippen LogP contribution is 2.22. The van der Waals surface area contributed by atoms with Crippen LogP contribution in [0.5, 0.6) is 0 Å². The molecule has 1 nitrogen and oxygen atoms in total. The van der Waals surface area contributed by atoms with Crippen molar-refractivity contribution in [1.82, 2.24) is 4.90 Å². The summed E-state index contributed by atoms with van der Waals surface area (Å²) in [6.07, 6.45) is 1.05. The minimum absolute atomic E-state index is 0.738. The van der Waals surface area contributed by atoms with Crippen LogP contribution in [0.2, 0.25) is 4.34 Å². The van der Waals surface area contributed by atoms with Gasteiger partial charge in [-0.05, 0) is 31.6 Å². The van der Waals surface area contributed by atoms with Crippen molar-refractivity contribution in [2.24, 2.45) is 0 Å². The Hall–Kier alpha value is 0.240. The molecule has 0 fully saturated rings. The zero-order chi connectivity index (χ0) is 10.4. The zero-order valence-corrected chi connectivity index (χ0v) is 10.6. The fourth-order valence-corrected chi connectivity index (χ4v) is 2.54. The van der Waals surface area contributed by atoms with Crippen LogP contribution < -0.4 is 0 Å². The van der Waals surface area contributed by atoms with E-state index in [0.29, 0.717) is 0 Å². The van der Waals surface area contributed by atoms with E-state index in [0.717, 1.165) is 36.3 Å². The highest BCUT2D eigenvalue weighted by Gasteiger charge is 2.04. The molecule has 0 aliphatic carbocycles. The smallest absolute Gasteiger partial charge is 0.0931 e. The van der Waals surface area contributed by atoms with Gasteiger partial charge in [0.1, 0.15) is 0 Å². The molecular formula is C10H15Cl2NS. The first kappa shape index (κ1) is 12.3. The Morgan fingerprint density at radius 1 is 1.43 bits per heavy atom. The van der Waals surface area contributed by atoms with Gasteiger partial charge in [-0.25, -0.2) is 0 Å². The summed E-state index contributed by atoms with van der Waals surface area (Å²) in [6.45, 7) is 5.29. The van der Waals surface area contributed by atoms with Crippen molar-refractivity contribution in [2.75, 3.05) is 19.0 Å². The van der Waals surface area contributed by atoms with Gasteiger partial charge in [0, 0.05) is 17.3 Å². The van der Waals surface area contributed by atoms with Crippen molar-refractivity contribution < 1.29 is 0 Å². The quantitative estimate of drug-likeness (QED) is 0.695. The molecule has 1 rings (SSSR count). The molecule has 1 aromatic rings. The summed E-state index contributed by atoms with van der Waals surface area (Å²) < 4.78 is 0.869. The summed E-state index contributed by atoms with van der Waals surface area (Å²) in [5, 5.41) is 0. The maximum Gasteiger partial charge on any atom is 0.0931 e. The van der Waals surface area contributed by atoms with Gasteiger partial charge in [-0.15, -0.1) is 22.9 Å². The zero-order valence-electron chi connectivity index (χ0n) is 8.30. The number of hydrogen-bond acceptors (Lipinski definition) is 2. The summed E-state index contributed by atoms with van der Waals surface area (Å²) in [7, 11) is 0. The Bertz CT molecular complexity index is 262. The molecule has 80 valence electrons. The lowest BCUT2D eigenvalue weighted by molar-refractivity contribution is 0.284. The molecule has 0 aliphatic heterocycles. The second kappa shape index (κ2) is 6.67. The van der Waals surface area contributed by atoms with Gasteiger partial charge in [0.05, 0.1) is 4.34 Å². The standard InChI is InChI=1S/C10H15Cl2NS/c1-2-13(7-3-6-11)8-9-4-5-10(12)14-9/h4-5H,2-3,6-8H2,1H3. The van der Waals surface area contributed by atoms with Crippen LogP contribution in [-0.2, 0) is 6.54 Å². The van der Waals surface area contributed by atoms with Crippen LogP contribution in [0.15, 0.2) is 12.1 Å². The van der Waals surface area contributed by atoms with E-state index in [1.807, 2.05) is 6.07 Å². The molecule has 0 unspecified atom stereocenters. The first-order chi connectivity index (χ1) is 6.76. The van der Waals surface area contributed by atoms with Gasteiger partial charge in [-0.1, -0.05) is 18.5 Å². The molecule has 0 bridgehead atoms. The Morgan fingerprint density at radius 3 is 2.71 bits per heavy atom. The van der Waals surface area contributed by atoms with Crippen molar-refractivity contribution in [1.29, 1.82) is 0 Å². The minimum Gasteiger partial charge on any atom is -0.298 e. The van der Waals surface area contributed by atoms with E-state index in [-0.39, 0.29) is 0 Å². The monoisotopic (exact) mass is 251 g/mol. The van der Waals surface area contributed by atoms with Crippen molar-refractivity contribution in [3.8, 4) is 0 Å². The minimum atomic E-state index is 0.738. The average Bonchev–Trinajstić information content (AvgIpc) is 2.58. The fourth-order valence-electron chi connectivity index (χ4n) is 1.29. The predicted octanol–water partition coefficient (Wildman–Crippen LogP) is 3.85. The molecule has 0 atom stereocenters. The van der Waals surface area contributed by atoms with E-state index in [4.69, 9.17) is 23.2 Å². The second-order valence-electron chi connectivity index (χ2n) is 3.12. The van der Waals surface area contributed by atoms with E-state index in [1.165, 1.54) is 4.88 Å². The van der Waals surface area contributed by atoms with Gasteiger partial charge < -0.3 is 0 Å². The highest BCUT2D eigenvalue weighted by atomic mass is 35.5. The summed E-state index contributed by atoms with van der Waals surface area (Å²) >= 11 is 13.2. The van der Waals surface area contributed by atoms with Crippen molar-refractivity contribution in [3.63, 3.8) is 0 Å². The van der Waals surface area contributed by atoms with Crippen LogP contribution in [0, 0.1) is 0 Å². The third-order valence-electron chi connectivity index (χ3n) is 2.06. The summed E-state index contributed by atoms with van der Waals surface area (Å²) in [6, 6.07) is 4.05. The molecule has 0 aliphatic rings. The van der Waals surface area contributed by atoms with Crippen LogP contribution in [0.25, 0.3) is 0 Å². The van der Waals surface area contributed by atoms with Gasteiger partial charge >= 0.3 is 0 Å². The van der Waals surface area contributed by atoms with E-state index in [9.17, 15) is 0 Å². The SMILES string of the molecule is CCN(CCCCl)Cc1ccc(Cl)s1. The van der Waals surface area contributed by atoms with Gasteiger partial charge in [0.2, 0.25) is 0 Å². The predicted molar refractivity (Wildman–Crippen MR) is 65.6 cm³/mol. The largest absolute Gasteiger partial charge is 0.298 e. The van der Waals surface area contributed by atoms with Crippen LogP contribution in [-0.4, -0.2) is 23.9 Å². The molecule has 0 aromatic carbocycles. The number of halogens is 2. The summed E-state index contributed by atoms with van der Waals surface area (Å²) in [5.41, 5.74) is 0. The molecule has 0 saturated carbocycles. The van der Waals surface area contributed by atoms with Crippen LogP contribution in [0.4, 0.5) is 0 Å². The van der Waals surface area contributed by atoms with Gasteiger partial charge in [0.25, 0.3) is 0 Å². The molecule has 4 heteroatoms. The lowest BCUT2D eigenvalue weighted by Crippen LogP contribution is -2.23. The first-order valence-electron chi connectivity index (χ1n) is 4.78. The first-order valence-corrected chi connectivity index (χ1v) is 6.51. The summed E-state index contributed by atoms with van der Waals surface area (Å²) in [4.78, 5) is 3.70. The number of rotatable bonds is 6. The van der Waals surface area contributed by atoms with Crippen molar-refractivity contribution >= 4 is 34.5 Å². The van der Waals surface area contributed by atoms with Gasteiger partial charge in [-0.2, -0.15) is 0 Å². The molecule has 0 spiro atoms. The maximum atomic E-state index is 5.87. The van der Waals surface area contributed by atoms with Crippen LogP contribution in [0.3, 0.4) is 0 Å². The highest BCUT2D eigenvalue weighted by molar-refractivity contribution is 7.16. The molecule has 1 heterocycles. The maximum absolute atomic E-state index is 5.87. The lowest BCUT2D eigenvalue weighted by atomic mass is 10.3. The van der Waals surface area contributed by atoms with E-state index in [1.54, 1.807) is 11.3 Å². The lowest BCUT2D eigenvalue weighted by Gasteiger charge is -2.18. The average molecular weight is 252 g/mol. The topological polar surface area (TPSA) is 3.24 Å². The molecular weight excluding hydrogens is 237 g/mol.